The molecule has 2 fully saturated rings. The zero-order chi connectivity index (χ0) is 13.8. The van der Waals surface area contributed by atoms with Crippen LogP contribution in [0.5, 0.6) is 0 Å². The number of benzene rings is 1. The van der Waals surface area contributed by atoms with Crippen molar-refractivity contribution in [3.63, 3.8) is 0 Å². The van der Waals surface area contributed by atoms with Gasteiger partial charge in [0.15, 0.2) is 4.90 Å². The van der Waals surface area contributed by atoms with E-state index in [0.29, 0.717) is 11.2 Å². The number of fused-ring (bicyclic) bond motifs is 2. The zero-order valence-corrected chi connectivity index (χ0v) is 14.1. The lowest BCUT2D eigenvalue weighted by Crippen LogP contribution is -2.34. The fraction of sp³-hybridized carbons (Fsp3) is 0.625. The summed E-state index contributed by atoms with van der Waals surface area (Å²) in [5.41, 5.74) is 1.58. The first-order valence-corrected chi connectivity index (χ1v) is 9.06. The second-order valence-electron chi connectivity index (χ2n) is 6.81. The summed E-state index contributed by atoms with van der Waals surface area (Å²) in [6.45, 7) is 6.74. The van der Waals surface area contributed by atoms with Gasteiger partial charge in [0.2, 0.25) is 0 Å². The molecule has 3 rings (SSSR count). The van der Waals surface area contributed by atoms with Gasteiger partial charge in [0.05, 0.1) is 10.9 Å². The standard InChI is InChI=1S/C16H21Cl2S/c1-15(2,3)11-4-7-13(8-5-11)19-14-9-6-12(10-14)16(19,17)18/h4-5,7-8,12,14H,6,9-10H2,1-3H3/q+1. The fourth-order valence-corrected chi connectivity index (χ4v) is 7.94. The fourth-order valence-electron chi connectivity index (χ4n) is 3.31. The van der Waals surface area contributed by atoms with Gasteiger partial charge in [0.25, 0.3) is 3.67 Å². The molecule has 104 valence electrons. The van der Waals surface area contributed by atoms with E-state index in [1.807, 2.05) is 0 Å². The number of rotatable bonds is 1. The van der Waals surface area contributed by atoms with Crippen molar-refractivity contribution in [1.29, 1.82) is 0 Å². The highest BCUT2D eigenvalue weighted by atomic mass is 35.5. The summed E-state index contributed by atoms with van der Waals surface area (Å²) < 4.78 is -0.522. The van der Waals surface area contributed by atoms with Gasteiger partial charge < -0.3 is 0 Å². The van der Waals surface area contributed by atoms with E-state index in [2.05, 4.69) is 45.0 Å². The van der Waals surface area contributed by atoms with E-state index >= 15 is 0 Å². The predicted molar refractivity (Wildman–Crippen MR) is 86.3 cm³/mol. The van der Waals surface area contributed by atoms with Crippen molar-refractivity contribution < 1.29 is 0 Å². The van der Waals surface area contributed by atoms with E-state index in [1.165, 1.54) is 29.7 Å². The Labute approximate surface area is 129 Å². The molecule has 3 atom stereocenters. The summed E-state index contributed by atoms with van der Waals surface area (Å²) in [4.78, 5) is 1.35. The second kappa shape index (κ2) is 4.58. The molecule has 1 saturated carbocycles. The SMILES string of the molecule is CC(C)(C)c1ccc([S+]2C3CCC(C3)C2(Cl)Cl)cc1. The average molecular weight is 316 g/mol. The molecule has 0 radical (unpaired) electrons. The van der Waals surface area contributed by atoms with Crippen LogP contribution < -0.4 is 0 Å². The van der Waals surface area contributed by atoms with Crippen molar-refractivity contribution in [3.05, 3.63) is 29.8 Å². The Morgan fingerprint density at radius 3 is 2.21 bits per heavy atom. The van der Waals surface area contributed by atoms with Crippen LogP contribution in [0.4, 0.5) is 0 Å². The summed E-state index contributed by atoms with van der Waals surface area (Å²) in [7, 11) is 0.00675. The molecule has 2 bridgehead atoms. The molecule has 1 aliphatic carbocycles. The zero-order valence-electron chi connectivity index (χ0n) is 11.7. The van der Waals surface area contributed by atoms with E-state index in [1.54, 1.807) is 0 Å². The van der Waals surface area contributed by atoms with Crippen LogP contribution in [0.15, 0.2) is 29.2 Å². The third-order valence-corrected chi connectivity index (χ3v) is 8.87. The van der Waals surface area contributed by atoms with Gasteiger partial charge in [-0.3, -0.25) is 0 Å². The quantitative estimate of drug-likeness (QED) is 0.489. The van der Waals surface area contributed by atoms with E-state index in [0.717, 1.165) is 0 Å². The lowest BCUT2D eigenvalue weighted by atomic mass is 9.87. The van der Waals surface area contributed by atoms with Crippen LogP contribution >= 0.6 is 23.2 Å². The van der Waals surface area contributed by atoms with Gasteiger partial charge in [0.1, 0.15) is 5.25 Å². The molecule has 3 heteroatoms. The van der Waals surface area contributed by atoms with Crippen molar-refractivity contribution in [2.75, 3.05) is 0 Å². The lowest BCUT2D eigenvalue weighted by Gasteiger charge is -2.25. The minimum Gasteiger partial charge on any atom is -0.0561 e. The number of alkyl halides is 2. The van der Waals surface area contributed by atoms with Crippen molar-refractivity contribution >= 4 is 34.1 Å². The lowest BCUT2D eigenvalue weighted by molar-refractivity contribution is 0.579. The summed E-state index contributed by atoms with van der Waals surface area (Å²) >= 11 is 13.3. The molecule has 1 aromatic rings. The summed E-state index contributed by atoms with van der Waals surface area (Å²) in [5.74, 6) is 0.506. The third-order valence-electron chi connectivity index (χ3n) is 4.46. The first-order valence-electron chi connectivity index (χ1n) is 7.01. The minimum atomic E-state index is -0.522. The van der Waals surface area contributed by atoms with E-state index in [4.69, 9.17) is 23.2 Å². The summed E-state index contributed by atoms with van der Waals surface area (Å²) in [5, 5.41) is 0.709. The van der Waals surface area contributed by atoms with Crippen LogP contribution in [0.2, 0.25) is 0 Å². The number of halogens is 2. The van der Waals surface area contributed by atoms with Gasteiger partial charge >= 0.3 is 0 Å². The molecule has 1 heterocycles. The van der Waals surface area contributed by atoms with Crippen LogP contribution in [0.25, 0.3) is 0 Å². The molecule has 3 unspecified atom stereocenters. The maximum Gasteiger partial charge on any atom is 0.283 e. The highest BCUT2D eigenvalue weighted by Crippen LogP contribution is 2.59. The number of hydrogen-bond donors (Lipinski definition) is 0. The van der Waals surface area contributed by atoms with Crippen LogP contribution in [0.1, 0.15) is 45.6 Å². The van der Waals surface area contributed by atoms with Gasteiger partial charge in [-0.15, -0.1) is 0 Å². The molecular weight excluding hydrogens is 295 g/mol. The van der Waals surface area contributed by atoms with E-state index in [-0.39, 0.29) is 16.3 Å². The summed E-state index contributed by atoms with van der Waals surface area (Å²) in [6, 6.07) is 9.00. The topological polar surface area (TPSA) is 0 Å². The highest BCUT2D eigenvalue weighted by Gasteiger charge is 2.66. The van der Waals surface area contributed by atoms with Crippen LogP contribution in [-0.2, 0) is 16.3 Å². The van der Waals surface area contributed by atoms with E-state index in [9.17, 15) is 0 Å². The van der Waals surface area contributed by atoms with Crippen molar-refractivity contribution in [2.45, 2.75) is 59.3 Å². The van der Waals surface area contributed by atoms with Gasteiger partial charge in [-0.1, -0.05) is 32.9 Å². The predicted octanol–water partition coefficient (Wildman–Crippen LogP) is 5.28. The third kappa shape index (κ3) is 2.32. The molecule has 0 aromatic heterocycles. The second-order valence-corrected chi connectivity index (χ2v) is 11.1. The van der Waals surface area contributed by atoms with Crippen molar-refractivity contribution in [3.8, 4) is 0 Å². The van der Waals surface area contributed by atoms with Gasteiger partial charge in [-0.2, -0.15) is 0 Å². The normalized spacial score (nSPS) is 32.8. The molecule has 1 aromatic carbocycles. The molecule has 19 heavy (non-hydrogen) atoms. The van der Waals surface area contributed by atoms with Crippen molar-refractivity contribution in [2.24, 2.45) is 5.92 Å². The van der Waals surface area contributed by atoms with Crippen LogP contribution in [0, 0.1) is 5.92 Å². The van der Waals surface area contributed by atoms with Gasteiger partial charge in [0, 0.05) is 12.3 Å². The summed E-state index contributed by atoms with van der Waals surface area (Å²) in [6.07, 6.45) is 3.73. The van der Waals surface area contributed by atoms with Crippen molar-refractivity contribution in [1.82, 2.24) is 0 Å². The van der Waals surface area contributed by atoms with Crippen LogP contribution in [-0.4, -0.2) is 8.92 Å². The molecule has 0 N–H and O–H groups in total. The molecule has 0 nitrogen and oxygen atoms in total. The molecule has 0 spiro atoms. The Bertz CT molecular complexity index is 473. The van der Waals surface area contributed by atoms with E-state index < -0.39 is 3.67 Å². The Balaban J connectivity index is 1.91. The van der Waals surface area contributed by atoms with Gasteiger partial charge in [-0.05, 0) is 59.2 Å². The Hall–Kier alpha value is 0.150. The average Bonchev–Trinajstić information content (AvgIpc) is 2.86. The highest BCUT2D eigenvalue weighted by molar-refractivity contribution is 8.01. The number of hydrogen-bond acceptors (Lipinski definition) is 0. The van der Waals surface area contributed by atoms with Gasteiger partial charge in [-0.25, -0.2) is 0 Å². The Morgan fingerprint density at radius 2 is 1.74 bits per heavy atom. The Kier molecular flexibility index (Phi) is 3.40. The first kappa shape index (κ1) is 14.1. The Morgan fingerprint density at radius 1 is 1.11 bits per heavy atom. The minimum absolute atomic E-state index is 0.00675. The largest absolute Gasteiger partial charge is 0.283 e. The smallest absolute Gasteiger partial charge is 0.0561 e. The van der Waals surface area contributed by atoms with Crippen LogP contribution in [0.3, 0.4) is 0 Å². The monoisotopic (exact) mass is 315 g/mol. The molecule has 1 aliphatic heterocycles. The molecule has 2 aliphatic rings. The molecule has 1 saturated heterocycles. The maximum absolute atomic E-state index is 6.67. The first-order chi connectivity index (χ1) is 8.80. The maximum atomic E-state index is 6.67. The molecular formula is C16H21Cl2S+. The molecule has 0 amide bonds.